The molecule has 0 amide bonds. The van der Waals surface area contributed by atoms with Gasteiger partial charge in [-0.05, 0) is 55.4 Å². The molecule has 94 valence electrons. The van der Waals surface area contributed by atoms with Crippen LogP contribution in [0.4, 0.5) is 0 Å². The molecule has 17 heavy (non-hydrogen) atoms. The number of thiophene rings is 1. The first-order chi connectivity index (χ1) is 8.38. The zero-order valence-electron chi connectivity index (χ0n) is 10.4. The number of nitrogens with one attached hydrogen (secondary N) is 1. The molecule has 1 nitrogen and oxygen atoms in total. The molecule has 1 aromatic rings. The normalized spacial score (nSPS) is 32.6. The highest BCUT2D eigenvalue weighted by atomic mass is 32.2. The van der Waals surface area contributed by atoms with Gasteiger partial charge in [-0.25, -0.2) is 0 Å². The molecule has 1 saturated carbocycles. The van der Waals surface area contributed by atoms with Crippen LogP contribution < -0.4 is 5.32 Å². The van der Waals surface area contributed by atoms with Crippen LogP contribution >= 0.6 is 23.1 Å². The molecule has 2 aliphatic carbocycles. The van der Waals surface area contributed by atoms with Gasteiger partial charge in [0, 0.05) is 22.2 Å². The third-order valence-corrected chi connectivity index (χ3v) is 6.39. The Morgan fingerprint density at radius 1 is 1.29 bits per heavy atom. The maximum absolute atomic E-state index is 3.95. The summed E-state index contributed by atoms with van der Waals surface area (Å²) in [7, 11) is 0. The van der Waals surface area contributed by atoms with Crippen LogP contribution in [0, 0.1) is 0 Å². The van der Waals surface area contributed by atoms with Gasteiger partial charge in [0.25, 0.3) is 0 Å². The molecule has 3 atom stereocenters. The van der Waals surface area contributed by atoms with Crippen LogP contribution in [0.1, 0.15) is 48.6 Å². The molecule has 2 aliphatic rings. The molecular formula is C14H21NS2. The summed E-state index contributed by atoms with van der Waals surface area (Å²) < 4.78 is 0. The second-order valence-corrected chi connectivity index (χ2v) is 7.30. The lowest BCUT2D eigenvalue weighted by Gasteiger charge is -2.29. The van der Waals surface area contributed by atoms with E-state index in [0.29, 0.717) is 6.04 Å². The number of rotatable bonds is 3. The molecule has 1 heterocycles. The van der Waals surface area contributed by atoms with Gasteiger partial charge < -0.3 is 5.32 Å². The van der Waals surface area contributed by atoms with Gasteiger partial charge in [0.15, 0.2) is 0 Å². The molecule has 1 fully saturated rings. The van der Waals surface area contributed by atoms with Crippen LogP contribution in [0.15, 0.2) is 11.4 Å². The Labute approximate surface area is 112 Å². The Morgan fingerprint density at radius 2 is 2.24 bits per heavy atom. The van der Waals surface area contributed by atoms with Crippen LogP contribution in [-0.2, 0) is 6.42 Å². The molecule has 0 radical (unpaired) electrons. The van der Waals surface area contributed by atoms with E-state index in [9.17, 15) is 0 Å². The number of hydrogen-bond acceptors (Lipinski definition) is 3. The summed E-state index contributed by atoms with van der Waals surface area (Å²) in [5.41, 5.74) is 1.60. The van der Waals surface area contributed by atoms with E-state index >= 15 is 0 Å². The number of hydrogen-bond donors (Lipinski definition) is 1. The van der Waals surface area contributed by atoms with Gasteiger partial charge >= 0.3 is 0 Å². The van der Waals surface area contributed by atoms with E-state index in [0.717, 1.165) is 11.3 Å². The van der Waals surface area contributed by atoms with E-state index in [2.05, 4.69) is 34.8 Å². The lowest BCUT2D eigenvalue weighted by molar-refractivity contribution is 0.403. The van der Waals surface area contributed by atoms with E-state index < -0.39 is 0 Å². The van der Waals surface area contributed by atoms with Gasteiger partial charge in [-0.15, -0.1) is 11.3 Å². The summed E-state index contributed by atoms with van der Waals surface area (Å²) in [5.74, 6) is 0. The first-order valence-electron chi connectivity index (χ1n) is 6.73. The summed E-state index contributed by atoms with van der Waals surface area (Å²) in [6.07, 6.45) is 10.5. The van der Waals surface area contributed by atoms with Crippen molar-refractivity contribution in [2.24, 2.45) is 0 Å². The highest BCUT2D eigenvalue weighted by molar-refractivity contribution is 7.99. The van der Waals surface area contributed by atoms with Gasteiger partial charge in [0.05, 0.1) is 0 Å². The van der Waals surface area contributed by atoms with Gasteiger partial charge in [0.1, 0.15) is 0 Å². The summed E-state index contributed by atoms with van der Waals surface area (Å²) >= 11 is 4.00. The second-order valence-electron chi connectivity index (χ2n) is 5.22. The number of fused-ring (bicyclic) bond motifs is 1. The maximum Gasteiger partial charge on any atom is 0.0334 e. The van der Waals surface area contributed by atoms with Crippen molar-refractivity contribution in [2.45, 2.75) is 55.9 Å². The molecule has 3 unspecified atom stereocenters. The standard InChI is InChI=1S/C14H21NS2/c1-16-14-7-3-5-12(14)15-11-4-2-6-13-10(11)8-9-17-13/h8-9,11-12,14-15H,2-7H2,1H3. The van der Waals surface area contributed by atoms with Gasteiger partial charge in [-0.3, -0.25) is 0 Å². The second kappa shape index (κ2) is 5.33. The largest absolute Gasteiger partial charge is 0.306 e. The van der Waals surface area contributed by atoms with Crippen molar-refractivity contribution in [1.82, 2.24) is 5.32 Å². The van der Waals surface area contributed by atoms with Crippen molar-refractivity contribution in [2.75, 3.05) is 6.26 Å². The van der Waals surface area contributed by atoms with Gasteiger partial charge in [0.2, 0.25) is 0 Å². The highest BCUT2D eigenvalue weighted by Crippen LogP contribution is 2.36. The van der Waals surface area contributed by atoms with Crippen molar-refractivity contribution in [3.05, 3.63) is 21.9 Å². The van der Waals surface area contributed by atoms with Gasteiger partial charge in [-0.1, -0.05) is 6.42 Å². The Hall–Kier alpha value is 0.0100. The lowest BCUT2D eigenvalue weighted by Crippen LogP contribution is -2.37. The van der Waals surface area contributed by atoms with Crippen molar-refractivity contribution >= 4 is 23.1 Å². The van der Waals surface area contributed by atoms with Crippen molar-refractivity contribution in [3.8, 4) is 0 Å². The van der Waals surface area contributed by atoms with Crippen molar-refractivity contribution < 1.29 is 0 Å². The van der Waals surface area contributed by atoms with Gasteiger partial charge in [-0.2, -0.15) is 11.8 Å². The highest BCUT2D eigenvalue weighted by Gasteiger charge is 2.30. The van der Waals surface area contributed by atoms with Crippen LogP contribution in [0.3, 0.4) is 0 Å². The summed E-state index contributed by atoms with van der Waals surface area (Å²) in [6, 6.07) is 3.74. The summed E-state index contributed by atoms with van der Waals surface area (Å²) in [6.45, 7) is 0. The van der Waals surface area contributed by atoms with Crippen molar-refractivity contribution in [1.29, 1.82) is 0 Å². The quantitative estimate of drug-likeness (QED) is 0.888. The number of aryl methyl sites for hydroxylation is 1. The molecule has 0 bridgehead atoms. The minimum absolute atomic E-state index is 0.641. The third-order valence-electron chi connectivity index (χ3n) is 4.22. The fourth-order valence-corrected chi connectivity index (χ4v) is 5.25. The van der Waals surface area contributed by atoms with Crippen LogP contribution in [0.2, 0.25) is 0 Å². The third kappa shape index (κ3) is 2.42. The molecule has 0 spiro atoms. The average Bonchev–Trinajstić information content (AvgIpc) is 2.97. The molecule has 0 aromatic carbocycles. The first-order valence-corrected chi connectivity index (χ1v) is 8.90. The molecule has 1 aromatic heterocycles. The summed E-state index contributed by atoms with van der Waals surface area (Å²) in [4.78, 5) is 1.63. The molecule has 0 saturated heterocycles. The van der Waals surface area contributed by atoms with E-state index in [-0.39, 0.29) is 0 Å². The number of thioether (sulfide) groups is 1. The van der Waals surface area contributed by atoms with Crippen LogP contribution in [0.5, 0.6) is 0 Å². The minimum atomic E-state index is 0.641. The molecule has 3 heteroatoms. The predicted molar refractivity (Wildman–Crippen MR) is 78.1 cm³/mol. The van der Waals surface area contributed by atoms with E-state index in [1.807, 2.05) is 11.3 Å². The Bertz CT molecular complexity index is 374. The molecule has 3 rings (SSSR count). The lowest BCUT2D eigenvalue weighted by atomic mass is 9.93. The maximum atomic E-state index is 3.95. The molecule has 0 aliphatic heterocycles. The van der Waals surface area contributed by atoms with Crippen molar-refractivity contribution in [3.63, 3.8) is 0 Å². The Morgan fingerprint density at radius 3 is 3.12 bits per heavy atom. The zero-order chi connectivity index (χ0) is 11.7. The monoisotopic (exact) mass is 267 g/mol. The van der Waals surface area contributed by atoms with Crippen LogP contribution in [-0.4, -0.2) is 17.5 Å². The molecular weight excluding hydrogens is 246 g/mol. The topological polar surface area (TPSA) is 12.0 Å². The zero-order valence-corrected chi connectivity index (χ0v) is 12.1. The smallest absolute Gasteiger partial charge is 0.0334 e. The van der Waals surface area contributed by atoms with E-state index in [1.165, 1.54) is 38.5 Å². The predicted octanol–water partition coefficient (Wildman–Crippen LogP) is 4.00. The van der Waals surface area contributed by atoms with Crippen LogP contribution in [0.25, 0.3) is 0 Å². The summed E-state index contributed by atoms with van der Waals surface area (Å²) in [5, 5.41) is 7.06. The first kappa shape index (κ1) is 12.1. The van der Waals surface area contributed by atoms with E-state index in [4.69, 9.17) is 0 Å². The SMILES string of the molecule is CSC1CCCC1NC1CCCc2sccc21. The average molecular weight is 267 g/mol. The molecule has 1 N–H and O–H groups in total. The fourth-order valence-electron chi connectivity index (χ4n) is 3.32. The fraction of sp³-hybridized carbons (Fsp3) is 0.714. The Balaban J connectivity index is 1.70. The van der Waals surface area contributed by atoms with E-state index in [1.54, 1.807) is 10.4 Å². The Kier molecular flexibility index (Phi) is 3.78. The minimum Gasteiger partial charge on any atom is -0.306 e.